The van der Waals surface area contributed by atoms with E-state index < -0.39 is 22.9 Å². The zero-order valence-corrected chi connectivity index (χ0v) is 15.4. The van der Waals surface area contributed by atoms with Gasteiger partial charge in [-0.1, -0.05) is 17.7 Å². The minimum absolute atomic E-state index is 0.0137. The third-order valence-corrected chi connectivity index (χ3v) is 3.91. The number of anilines is 1. The molecule has 2 aromatic rings. The van der Waals surface area contributed by atoms with Crippen molar-refractivity contribution in [3.8, 4) is 5.75 Å². The Morgan fingerprint density at radius 1 is 1.15 bits per heavy atom. The van der Waals surface area contributed by atoms with Crippen LogP contribution in [-0.4, -0.2) is 30.0 Å². The van der Waals surface area contributed by atoms with Gasteiger partial charge in [0.2, 0.25) is 0 Å². The summed E-state index contributed by atoms with van der Waals surface area (Å²) < 4.78 is 10.1. The first kappa shape index (κ1) is 19.9. The average molecular weight is 372 g/mol. The van der Waals surface area contributed by atoms with Crippen molar-refractivity contribution >= 4 is 23.3 Å². The van der Waals surface area contributed by atoms with E-state index >= 15 is 0 Å². The molecule has 0 heterocycles. The summed E-state index contributed by atoms with van der Waals surface area (Å²) in [5.41, 5.74) is 1.76. The Morgan fingerprint density at radius 3 is 2.44 bits per heavy atom. The lowest BCUT2D eigenvalue weighted by molar-refractivity contribution is -0.384. The van der Waals surface area contributed by atoms with Gasteiger partial charge in [-0.05, 0) is 44.5 Å². The van der Waals surface area contributed by atoms with Gasteiger partial charge in [-0.25, -0.2) is 4.79 Å². The van der Waals surface area contributed by atoms with E-state index in [4.69, 9.17) is 9.47 Å². The number of amides is 1. The second kappa shape index (κ2) is 8.31. The van der Waals surface area contributed by atoms with Crippen molar-refractivity contribution < 1.29 is 24.0 Å². The van der Waals surface area contributed by atoms with Crippen LogP contribution in [0.3, 0.4) is 0 Å². The summed E-state index contributed by atoms with van der Waals surface area (Å²) in [6.07, 6.45) is -1.14. The molecule has 142 valence electrons. The van der Waals surface area contributed by atoms with Crippen LogP contribution < -0.4 is 10.1 Å². The maximum atomic E-state index is 12.3. The smallest absolute Gasteiger partial charge is 0.339 e. The summed E-state index contributed by atoms with van der Waals surface area (Å²) in [5.74, 6) is -1.03. The van der Waals surface area contributed by atoms with E-state index in [2.05, 4.69) is 5.32 Å². The molecule has 0 radical (unpaired) electrons. The molecule has 1 N–H and O–H groups in total. The van der Waals surface area contributed by atoms with Crippen LogP contribution in [0.2, 0.25) is 0 Å². The molecular weight excluding hydrogens is 352 g/mol. The van der Waals surface area contributed by atoms with Gasteiger partial charge >= 0.3 is 5.97 Å². The van der Waals surface area contributed by atoms with Crippen LogP contribution >= 0.6 is 0 Å². The Kier molecular flexibility index (Phi) is 6.12. The Bertz CT molecular complexity index is 894. The Labute approximate surface area is 156 Å². The third kappa shape index (κ3) is 4.81. The summed E-state index contributed by atoms with van der Waals surface area (Å²) in [4.78, 5) is 35.1. The van der Waals surface area contributed by atoms with Gasteiger partial charge in [0, 0.05) is 0 Å². The van der Waals surface area contributed by atoms with Crippen molar-refractivity contribution in [3.63, 3.8) is 0 Å². The van der Waals surface area contributed by atoms with Crippen molar-refractivity contribution in [1.82, 2.24) is 0 Å². The maximum absolute atomic E-state index is 12.3. The minimum atomic E-state index is -1.14. The average Bonchev–Trinajstić information content (AvgIpc) is 2.61. The molecule has 2 aromatic carbocycles. The summed E-state index contributed by atoms with van der Waals surface area (Å²) in [5, 5.41) is 13.6. The Morgan fingerprint density at radius 2 is 1.85 bits per heavy atom. The molecule has 1 unspecified atom stereocenters. The number of hydrogen-bond acceptors (Lipinski definition) is 6. The van der Waals surface area contributed by atoms with E-state index in [-0.39, 0.29) is 17.1 Å². The molecule has 0 aliphatic rings. The first-order valence-electron chi connectivity index (χ1n) is 8.14. The van der Waals surface area contributed by atoms with E-state index in [0.29, 0.717) is 5.56 Å². The van der Waals surface area contributed by atoms with Gasteiger partial charge in [0.25, 0.3) is 11.6 Å². The number of esters is 1. The standard InChI is InChI=1S/C19H20N2O6/c1-11-5-7-15(12(2)9-11)19(23)27-13(3)18(22)20-16-8-6-14(26-4)10-17(16)21(24)25/h5-10,13H,1-4H3,(H,20,22). The lowest BCUT2D eigenvalue weighted by atomic mass is 10.1. The zero-order valence-electron chi connectivity index (χ0n) is 15.4. The third-order valence-electron chi connectivity index (χ3n) is 3.91. The van der Waals surface area contributed by atoms with Gasteiger partial charge in [0.1, 0.15) is 11.4 Å². The highest BCUT2D eigenvalue weighted by Crippen LogP contribution is 2.29. The number of hydrogen-bond donors (Lipinski definition) is 1. The van der Waals surface area contributed by atoms with E-state index in [1.807, 2.05) is 13.0 Å². The second-order valence-corrected chi connectivity index (χ2v) is 6.00. The molecule has 2 rings (SSSR count). The van der Waals surface area contributed by atoms with E-state index in [1.165, 1.54) is 32.2 Å². The number of carbonyl (C=O) groups excluding carboxylic acids is 2. The number of carbonyl (C=O) groups is 2. The Hall–Kier alpha value is -3.42. The first-order valence-corrected chi connectivity index (χ1v) is 8.14. The SMILES string of the molecule is COc1ccc(NC(=O)C(C)OC(=O)c2ccc(C)cc2C)c([N+](=O)[O-])c1. The fourth-order valence-corrected chi connectivity index (χ4v) is 2.45. The van der Waals surface area contributed by atoms with E-state index in [1.54, 1.807) is 19.1 Å². The van der Waals surface area contributed by atoms with Crippen LogP contribution in [0.5, 0.6) is 5.75 Å². The van der Waals surface area contributed by atoms with Crippen LogP contribution in [0.15, 0.2) is 36.4 Å². The predicted octanol–water partition coefficient (Wildman–Crippen LogP) is 3.40. The van der Waals surface area contributed by atoms with Crippen molar-refractivity contribution in [2.75, 3.05) is 12.4 Å². The molecule has 1 atom stereocenters. The van der Waals surface area contributed by atoms with Crippen LogP contribution in [0.25, 0.3) is 0 Å². The lowest BCUT2D eigenvalue weighted by Crippen LogP contribution is -2.30. The monoisotopic (exact) mass is 372 g/mol. The highest BCUT2D eigenvalue weighted by atomic mass is 16.6. The maximum Gasteiger partial charge on any atom is 0.339 e. The number of nitrogens with zero attached hydrogens (tertiary/aromatic N) is 1. The highest BCUT2D eigenvalue weighted by molar-refractivity contribution is 5.99. The van der Waals surface area contributed by atoms with Crippen molar-refractivity contribution in [2.24, 2.45) is 0 Å². The van der Waals surface area contributed by atoms with Crippen molar-refractivity contribution in [3.05, 3.63) is 63.2 Å². The molecule has 0 spiro atoms. The number of nitrogens with one attached hydrogen (secondary N) is 1. The number of ether oxygens (including phenoxy) is 2. The van der Waals surface area contributed by atoms with E-state index in [9.17, 15) is 19.7 Å². The van der Waals surface area contributed by atoms with E-state index in [0.717, 1.165) is 11.1 Å². The van der Waals surface area contributed by atoms with Gasteiger partial charge in [-0.15, -0.1) is 0 Å². The molecule has 0 saturated carbocycles. The molecule has 0 fully saturated rings. The van der Waals surface area contributed by atoms with Gasteiger partial charge < -0.3 is 14.8 Å². The van der Waals surface area contributed by atoms with Gasteiger partial charge in [-0.2, -0.15) is 0 Å². The molecule has 0 saturated heterocycles. The van der Waals surface area contributed by atoms with Gasteiger partial charge in [0.05, 0.1) is 23.7 Å². The van der Waals surface area contributed by atoms with Crippen LogP contribution in [0.4, 0.5) is 11.4 Å². The largest absolute Gasteiger partial charge is 0.496 e. The summed E-state index contributed by atoms with van der Waals surface area (Å²) >= 11 is 0. The van der Waals surface area contributed by atoms with Crippen LogP contribution in [0, 0.1) is 24.0 Å². The number of benzene rings is 2. The number of nitro benzene ring substituents is 1. The first-order chi connectivity index (χ1) is 12.7. The molecule has 8 heteroatoms. The van der Waals surface area contributed by atoms with Crippen molar-refractivity contribution in [1.29, 1.82) is 0 Å². The molecule has 8 nitrogen and oxygen atoms in total. The molecule has 0 bridgehead atoms. The summed E-state index contributed by atoms with van der Waals surface area (Å²) in [7, 11) is 1.38. The minimum Gasteiger partial charge on any atom is -0.496 e. The van der Waals surface area contributed by atoms with Crippen LogP contribution in [0.1, 0.15) is 28.4 Å². The topological polar surface area (TPSA) is 108 Å². The molecule has 0 aromatic heterocycles. The molecule has 1 amide bonds. The molecule has 0 aliphatic carbocycles. The fraction of sp³-hybridized carbons (Fsp3) is 0.263. The molecular formula is C19H20N2O6. The van der Waals surface area contributed by atoms with Crippen molar-refractivity contribution in [2.45, 2.75) is 26.9 Å². The van der Waals surface area contributed by atoms with Gasteiger partial charge in [-0.3, -0.25) is 14.9 Å². The number of rotatable bonds is 6. The number of aryl methyl sites for hydroxylation is 2. The normalized spacial score (nSPS) is 11.4. The number of nitro groups is 1. The molecule has 0 aliphatic heterocycles. The Balaban J connectivity index is 2.12. The quantitative estimate of drug-likeness (QED) is 0.473. The lowest BCUT2D eigenvalue weighted by Gasteiger charge is -2.15. The molecule has 27 heavy (non-hydrogen) atoms. The predicted molar refractivity (Wildman–Crippen MR) is 99.1 cm³/mol. The second-order valence-electron chi connectivity index (χ2n) is 6.00. The number of methoxy groups -OCH3 is 1. The summed E-state index contributed by atoms with van der Waals surface area (Å²) in [6.45, 7) is 5.07. The fourth-order valence-electron chi connectivity index (χ4n) is 2.45. The van der Waals surface area contributed by atoms with Crippen LogP contribution in [-0.2, 0) is 9.53 Å². The highest BCUT2D eigenvalue weighted by Gasteiger charge is 2.23. The zero-order chi connectivity index (χ0) is 20.1. The summed E-state index contributed by atoms with van der Waals surface area (Å²) in [6, 6.07) is 9.27. The van der Waals surface area contributed by atoms with Gasteiger partial charge in [0.15, 0.2) is 6.10 Å².